The van der Waals surface area contributed by atoms with Crippen LogP contribution in [0.5, 0.6) is 0 Å². The Balaban J connectivity index is 2.02. The van der Waals surface area contributed by atoms with Crippen molar-refractivity contribution in [1.82, 2.24) is 10.1 Å². The van der Waals surface area contributed by atoms with Crippen molar-refractivity contribution in [2.45, 2.75) is 71.8 Å². The molecule has 19 heavy (non-hydrogen) atoms. The van der Waals surface area contributed by atoms with E-state index in [2.05, 4.69) is 37.8 Å². The first kappa shape index (κ1) is 14.5. The van der Waals surface area contributed by atoms with Gasteiger partial charge in [0.15, 0.2) is 5.82 Å². The van der Waals surface area contributed by atoms with E-state index >= 15 is 0 Å². The molecule has 4 heteroatoms. The predicted molar refractivity (Wildman–Crippen MR) is 75.7 cm³/mol. The maximum atomic E-state index is 6.16. The monoisotopic (exact) mass is 265 g/mol. The van der Waals surface area contributed by atoms with E-state index in [0.29, 0.717) is 11.8 Å². The second kappa shape index (κ2) is 5.61. The number of hydrogen-bond donors (Lipinski definition) is 1. The van der Waals surface area contributed by atoms with Crippen LogP contribution in [0.1, 0.15) is 83.5 Å². The predicted octanol–water partition coefficient (Wildman–Crippen LogP) is 3.80. The molecule has 108 valence electrons. The minimum absolute atomic E-state index is 0.0519. The van der Waals surface area contributed by atoms with Gasteiger partial charge < -0.3 is 10.3 Å². The van der Waals surface area contributed by atoms with Crippen LogP contribution in [0.2, 0.25) is 0 Å². The highest BCUT2D eigenvalue weighted by atomic mass is 16.5. The summed E-state index contributed by atoms with van der Waals surface area (Å²) in [4.78, 5) is 4.55. The van der Waals surface area contributed by atoms with Crippen LogP contribution in [0.25, 0.3) is 0 Å². The topological polar surface area (TPSA) is 64.9 Å². The van der Waals surface area contributed by atoms with Crippen LogP contribution in [-0.2, 0) is 0 Å². The van der Waals surface area contributed by atoms with Gasteiger partial charge in [-0.3, -0.25) is 0 Å². The molecule has 1 aliphatic rings. The van der Waals surface area contributed by atoms with Gasteiger partial charge in [0.2, 0.25) is 5.89 Å². The molecule has 1 heterocycles. The van der Waals surface area contributed by atoms with Gasteiger partial charge in [0, 0.05) is 5.92 Å². The third kappa shape index (κ3) is 3.35. The average Bonchev–Trinajstić information content (AvgIpc) is 2.86. The third-order valence-electron chi connectivity index (χ3n) is 4.45. The molecule has 0 radical (unpaired) electrons. The van der Waals surface area contributed by atoms with Crippen LogP contribution in [-0.4, -0.2) is 10.1 Å². The van der Waals surface area contributed by atoms with Crippen LogP contribution in [0, 0.1) is 11.3 Å². The molecule has 0 aliphatic heterocycles. The van der Waals surface area contributed by atoms with Crippen molar-refractivity contribution in [1.29, 1.82) is 0 Å². The second-order valence-electron chi connectivity index (χ2n) is 6.96. The molecule has 1 aliphatic carbocycles. The van der Waals surface area contributed by atoms with E-state index in [-0.39, 0.29) is 11.5 Å². The Labute approximate surface area is 116 Å². The van der Waals surface area contributed by atoms with Crippen molar-refractivity contribution in [3.63, 3.8) is 0 Å². The summed E-state index contributed by atoms with van der Waals surface area (Å²) in [6.07, 6.45) is 6.23. The number of nitrogens with zero attached hydrogens (tertiary/aromatic N) is 2. The van der Waals surface area contributed by atoms with E-state index in [4.69, 9.17) is 10.3 Å². The molecule has 1 saturated carbocycles. The minimum atomic E-state index is -0.194. The van der Waals surface area contributed by atoms with Gasteiger partial charge in [-0.15, -0.1) is 0 Å². The first-order chi connectivity index (χ1) is 8.91. The van der Waals surface area contributed by atoms with Crippen LogP contribution >= 0.6 is 0 Å². The lowest BCUT2D eigenvalue weighted by atomic mass is 9.80. The van der Waals surface area contributed by atoms with Crippen molar-refractivity contribution in [2.75, 3.05) is 0 Å². The maximum absolute atomic E-state index is 6.16. The van der Waals surface area contributed by atoms with Crippen LogP contribution < -0.4 is 5.73 Å². The van der Waals surface area contributed by atoms with E-state index in [0.717, 1.165) is 11.7 Å². The number of hydrogen-bond acceptors (Lipinski definition) is 4. The van der Waals surface area contributed by atoms with Crippen molar-refractivity contribution in [3.05, 3.63) is 11.7 Å². The Kier molecular flexibility index (Phi) is 4.29. The quantitative estimate of drug-likeness (QED) is 0.902. The van der Waals surface area contributed by atoms with Gasteiger partial charge in [-0.05, 0) is 37.0 Å². The Morgan fingerprint density at radius 1 is 1.26 bits per heavy atom. The average molecular weight is 265 g/mol. The molecule has 0 unspecified atom stereocenters. The fourth-order valence-corrected chi connectivity index (χ4v) is 2.74. The second-order valence-corrected chi connectivity index (χ2v) is 6.96. The Morgan fingerprint density at radius 3 is 2.42 bits per heavy atom. The summed E-state index contributed by atoms with van der Waals surface area (Å²) in [5.41, 5.74) is 6.11. The summed E-state index contributed by atoms with van der Waals surface area (Å²) < 4.78 is 5.37. The Morgan fingerprint density at radius 2 is 1.89 bits per heavy atom. The SMILES string of the molecule is CCC1CCC(c2noc([C@@H](N)C(C)(C)C)n2)CC1. The molecule has 4 nitrogen and oxygen atoms in total. The summed E-state index contributed by atoms with van der Waals surface area (Å²) in [6, 6.07) is -0.194. The Bertz CT molecular complexity index is 400. The zero-order valence-electron chi connectivity index (χ0n) is 12.6. The normalized spacial score (nSPS) is 26.4. The lowest BCUT2D eigenvalue weighted by molar-refractivity contribution is 0.250. The first-order valence-corrected chi connectivity index (χ1v) is 7.51. The minimum Gasteiger partial charge on any atom is -0.338 e. The van der Waals surface area contributed by atoms with Gasteiger partial charge in [-0.25, -0.2) is 0 Å². The lowest BCUT2D eigenvalue weighted by Crippen LogP contribution is -2.26. The molecule has 1 fully saturated rings. The molecule has 2 N–H and O–H groups in total. The first-order valence-electron chi connectivity index (χ1n) is 7.51. The van der Waals surface area contributed by atoms with Gasteiger partial charge in [0.25, 0.3) is 0 Å². The maximum Gasteiger partial charge on any atom is 0.244 e. The fourth-order valence-electron chi connectivity index (χ4n) is 2.74. The van der Waals surface area contributed by atoms with Crippen molar-refractivity contribution >= 4 is 0 Å². The molecule has 1 aromatic heterocycles. The third-order valence-corrected chi connectivity index (χ3v) is 4.45. The molecular weight excluding hydrogens is 238 g/mol. The number of aromatic nitrogens is 2. The smallest absolute Gasteiger partial charge is 0.244 e. The van der Waals surface area contributed by atoms with Gasteiger partial charge in [0.05, 0.1) is 6.04 Å². The molecule has 0 amide bonds. The van der Waals surface area contributed by atoms with Gasteiger partial charge >= 0.3 is 0 Å². The van der Waals surface area contributed by atoms with Gasteiger partial charge in [-0.2, -0.15) is 4.98 Å². The molecular formula is C15H27N3O. The zero-order chi connectivity index (χ0) is 14.0. The van der Waals surface area contributed by atoms with E-state index < -0.39 is 0 Å². The van der Waals surface area contributed by atoms with Crippen molar-refractivity contribution in [3.8, 4) is 0 Å². The summed E-state index contributed by atoms with van der Waals surface area (Å²) in [5, 5.41) is 4.16. The largest absolute Gasteiger partial charge is 0.338 e. The van der Waals surface area contributed by atoms with E-state index in [1.807, 2.05) is 0 Å². The summed E-state index contributed by atoms with van der Waals surface area (Å²) in [7, 11) is 0. The summed E-state index contributed by atoms with van der Waals surface area (Å²) >= 11 is 0. The lowest BCUT2D eigenvalue weighted by Gasteiger charge is -2.25. The molecule has 2 rings (SSSR count). The number of rotatable bonds is 3. The van der Waals surface area contributed by atoms with Crippen LogP contribution in [0.15, 0.2) is 4.52 Å². The molecule has 0 spiro atoms. The Hall–Kier alpha value is -0.900. The van der Waals surface area contributed by atoms with Crippen LogP contribution in [0.4, 0.5) is 0 Å². The molecule has 1 atom stereocenters. The van der Waals surface area contributed by atoms with E-state index in [1.54, 1.807) is 0 Å². The highest BCUT2D eigenvalue weighted by Crippen LogP contribution is 2.37. The van der Waals surface area contributed by atoms with Gasteiger partial charge in [0.1, 0.15) is 0 Å². The highest BCUT2D eigenvalue weighted by Gasteiger charge is 2.30. The zero-order valence-corrected chi connectivity index (χ0v) is 12.6. The van der Waals surface area contributed by atoms with E-state index in [1.165, 1.54) is 32.1 Å². The van der Waals surface area contributed by atoms with Crippen molar-refractivity contribution < 1.29 is 4.52 Å². The highest BCUT2D eigenvalue weighted by molar-refractivity contribution is 5.01. The number of nitrogens with two attached hydrogens (primary N) is 1. The molecule has 1 aromatic rings. The molecule has 0 bridgehead atoms. The van der Waals surface area contributed by atoms with Gasteiger partial charge in [-0.1, -0.05) is 39.3 Å². The van der Waals surface area contributed by atoms with Crippen LogP contribution in [0.3, 0.4) is 0 Å². The molecule has 0 aromatic carbocycles. The summed E-state index contributed by atoms with van der Waals surface area (Å²) in [6.45, 7) is 8.55. The van der Waals surface area contributed by atoms with E-state index in [9.17, 15) is 0 Å². The fraction of sp³-hybridized carbons (Fsp3) is 0.867. The summed E-state index contributed by atoms with van der Waals surface area (Å²) in [5.74, 6) is 2.80. The van der Waals surface area contributed by atoms with Crippen molar-refractivity contribution in [2.24, 2.45) is 17.1 Å². The molecule has 0 saturated heterocycles. The standard InChI is InChI=1S/C15H27N3O/c1-5-10-6-8-11(9-7-10)13-17-14(19-18-13)12(16)15(2,3)4/h10-12H,5-9,16H2,1-4H3/t10?,11?,12-/m1/s1.